The fourth-order valence-electron chi connectivity index (χ4n) is 4.60. The molecule has 2 aromatic heterocycles. The van der Waals surface area contributed by atoms with E-state index in [0.29, 0.717) is 34.7 Å². The van der Waals surface area contributed by atoms with E-state index < -0.39 is 5.97 Å². The van der Waals surface area contributed by atoms with Gasteiger partial charge in [0.2, 0.25) is 0 Å². The minimum absolute atomic E-state index is 0.0672. The number of anilines is 1. The molecule has 1 aliphatic carbocycles. The number of nitrogens with one attached hydrogen (secondary N) is 2. The molecule has 1 saturated heterocycles. The van der Waals surface area contributed by atoms with Crippen LogP contribution in [0, 0.1) is 25.7 Å². The Balaban J connectivity index is 1.26. The number of amides is 1. The quantitative estimate of drug-likeness (QED) is 0.457. The summed E-state index contributed by atoms with van der Waals surface area (Å²) in [7, 11) is 0. The zero-order valence-corrected chi connectivity index (χ0v) is 20.3. The summed E-state index contributed by atoms with van der Waals surface area (Å²) in [5, 5.41) is 14.1. The Kier molecular flexibility index (Phi) is 5.63. The number of aryl methyl sites for hydroxylation is 2. The van der Waals surface area contributed by atoms with Crippen LogP contribution in [0.25, 0.3) is 0 Å². The predicted octanol–water partition coefficient (Wildman–Crippen LogP) is 4.55. The molecule has 2 fully saturated rings. The third-order valence-corrected chi connectivity index (χ3v) is 8.64. The monoisotopic (exact) mass is 504 g/mol. The maximum atomic E-state index is 12.6. The third kappa shape index (κ3) is 4.00. The van der Waals surface area contributed by atoms with Crippen molar-refractivity contribution in [3.63, 3.8) is 0 Å². The normalized spacial score (nSPS) is 21.2. The number of carboxylic acid groups (broad SMARTS) is 1. The van der Waals surface area contributed by atoms with Gasteiger partial charge in [0.15, 0.2) is 5.13 Å². The largest absolute Gasteiger partial charge is 0.477 e. The fourth-order valence-corrected chi connectivity index (χ4v) is 5.95. The van der Waals surface area contributed by atoms with Gasteiger partial charge in [-0.05, 0) is 25.0 Å². The number of carbonyl (C=O) groups excluding carboxylic acids is 1. The van der Waals surface area contributed by atoms with E-state index in [2.05, 4.69) is 15.2 Å². The van der Waals surface area contributed by atoms with Crippen LogP contribution in [-0.2, 0) is 6.42 Å². The van der Waals surface area contributed by atoms with Gasteiger partial charge in [0, 0.05) is 43.1 Å². The summed E-state index contributed by atoms with van der Waals surface area (Å²) in [6.07, 6.45) is 0.489. The number of hydrogen-bond acceptors (Lipinski definition) is 5. The van der Waals surface area contributed by atoms with Crippen molar-refractivity contribution in [3.8, 4) is 0 Å². The Morgan fingerprint density at radius 1 is 1.21 bits per heavy atom. The summed E-state index contributed by atoms with van der Waals surface area (Å²) in [5.74, 6) is -0.606. The molecular formula is C23H22Cl2N4O3S. The molecule has 1 unspecified atom stereocenters. The topological polar surface area (TPSA) is 98.3 Å². The van der Waals surface area contributed by atoms with Gasteiger partial charge >= 0.3 is 5.97 Å². The number of aromatic nitrogens is 2. The summed E-state index contributed by atoms with van der Waals surface area (Å²) in [6, 6.07) is 8.00. The molecule has 10 heteroatoms. The molecule has 3 N–H and O–H groups in total. The molecule has 3 heterocycles. The molecular weight excluding hydrogens is 483 g/mol. The third-order valence-electron chi connectivity index (χ3n) is 6.54. The van der Waals surface area contributed by atoms with Gasteiger partial charge in [-0.1, -0.05) is 58.8 Å². The number of rotatable bonds is 6. The maximum absolute atomic E-state index is 12.6. The maximum Gasteiger partial charge on any atom is 0.347 e. The molecule has 1 aliphatic heterocycles. The highest BCUT2D eigenvalue weighted by atomic mass is 35.5. The molecule has 1 amide bonds. The van der Waals surface area contributed by atoms with E-state index in [1.807, 2.05) is 31.2 Å². The predicted molar refractivity (Wildman–Crippen MR) is 129 cm³/mol. The molecule has 0 bridgehead atoms. The number of aromatic carboxylic acids is 1. The highest BCUT2D eigenvalue weighted by Crippen LogP contribution is 2.48. The van der Waals surface area contributed by atoms with Crippen LogP contribution in [0.3, 0.4) is 0 Å². The summed E-state index contributed by atoms with van der Waals surface area (Å²) in [6.45, 7) is 5.23. The van der Waals surface area contributed by atoms with E-state index in [4.69, 9.17) is 28.2 Å². The first kappa shape index (κ1) is 22.3. The fraction of sp³-hybridized carbons (Fsp3) is 0.348. The number of carbonyl (C=O) groups is 2. The Bertz CT molecular complexity index is 1260. The van der Waals surface area contributed by atoms with Gasteiger partial charge in [-0.2, -0.15) is 0 Å². The molecule has 2 aliphatic rings. The second-order valence-corrected chi connectivity index (χ2v) is 10.4. The van der Waals surface area contributed by atoms with Crippen LogP contribution in [0.15, 0.2) is 24.3 Å². The first-order valence-electron chi connectivity index (χ1n) is 10.6. The Hall–Kier alpha value is -2.55. The van der Waals surface area contributed by atoms with E-state index in [0.717, 1.165) is 29.3 Å². The first-order valence-corrected chi connectivity index (χ1v) is 12.2. The molecule has 172 valence electrons. The van der Waals surface area contributed by atoms with Crippen molar-refractivity contribution in [3.05, 3.63) is 67.4 Å². The van der Waals surface area contributed by atoms with E-state index in [1.165, 1.54) is 11.3 Å². The van der Waals surface area contributed by atoms with E-state index in [1.54, 1.807) is 6.92 Å². The van der Waals surface area contributed by atoms with Gasteiger partial charge < -0.3 is 20.3 Å². The second-order valence-electron chi connectivity index (χ2n) is 8.67. The highest BCUT2D eigenvalue weighted by molar-refractivity contribution is 7.17. The molecule has 1 aromatic carbocycles. The molecule has 33 heavy (non-hydrogen) atoms. The van der Waals surface area contributed by atoms with Crippen molar-refractivity contribution in [2.45, 2.75) is 26.3 Å². The van der Waals surface area contributed by atoms with E-state index >= 15 is 0 Å². The van der Waals surface area contributed by atoms with Crippen LogP contribution in [0.1, 0.15) is 42.7 Å². The lowest BCUT2D eigenvalue weighted by Gasteiger charge is -2.19. The smallest absolute Gasteiger partial charge is 0.347 e. The molecule has 5 rings (SSSR count). The van der Waals surface area contributed by atoms with Gasteiger partial charge in [-0.15, -0.1) is 0 Å². The number of fused-ring (bicyclic) bond motifs is 1. The van der Waals surface area contributed by atoms with Crippen LogP contribution < -0.4 is 10.2 Å². The van der Waals surface area contributed by atoms with Crippen molar-refractivity contribution in [2.75, 3.05) is 18.0 Å². The molecule has 1 saturated carbocycles. The van der Waals surface area contributed by atoms with Crippen molar-refractivity contribution >= 4 is 51.5 Å². The highest BCUT2D eigenvalue weighted by Gasteiger charge is 2.57. The lowest BCUT2D eigenvalue weighted by molar-refractivity contribution is 0.0700. The number of hydrogen-bond donors (Lipinski definition) is 3. The molecule has 3 atom stereocenters. The summed E-state index contributed by atoms with van der Waals surface area (Å²) in [4.78, 5) is 34.5. The number of H-pyrrole nitrogens is 1. The van der Waals surface area contributed by atoms with Gasteiger partial charge in [-0.25, -0.2) is 9.78 Å². The van der Waals surface area contributed by atoms with E-state index in [9.17, 15) is 14.7 Å². The van der Waals surface area contributed by atoms with Crippen LogP contribution >= 0.6 is 34.5 Å². The zero-order chi connectivity index (χ0) is 23.4. The minimum atomic E-state index is -0.950. The Labute approximate surface area is 204 Å². The van der Waals surface area contributed by atoms with Gasteiger partial charge in [0.05, 0.1) is 15.7 Å². The number of halogens is 2. The number of nitrogens with zero attached hydrogens (tertiary/aromatic N) is 2. The SMILES string of the molecule is Cc1ccccc1Cc1nc(N2C[C@@H]3C(NC(=O)c4[nH]c(C)c(Cl)c4Cl)[C@@H]3C2)sc1C(=O)O. The number of piperidine rings is 1. The van der Waals surface area contributed by atoms with Gasteiger partial charge in [-0.3, -0.25) is 4.79 Å². The van der Waals surface area contributed by atoms with Crippen LogP contribution in [0.2, 0.25) is 10.0 Å². The number of benzene rings is 1. The number of aromatic amines is 1. The minimum Gasteiger partial charge on any atom is -0.477 e. The lowest BCUT2D eigenvalue weighted by atomic mass is 10.0. The second kappa shape index (κ2) is 8.34. The van der Waals surface area contributed by atoms with Crippen molar-refractivity contribution in [1.29, 1.82) is 0 Å². The molecule has 0 spiro atoms. The van der Waals surface area contributed by atoms with Gasteiger partial charge in [0.25, 0.3) is 5.91 Å². The average Bonchev–Trinajstić information content (AvgIpc) is 3.14. The van der Waals surface area contributed by atoms with Crippen molar-refractivity contribution < 1.29 is 14.7 Å². The zero-order valence-electron chi connectivity index (χ0n) is 18.0. The molecule has 0 radical (unpaired) electrons. The van der Waals surface area contributed by atoms with Crippen LogP contribution in [-0.4, -0.2) is 46.1 Å². The molecule has 7 nitrogen and oxygen atoms in total. The Morgan fingerprint density at radius 2 is 1.91 bits per heavy atom. The first-order chi connectivity index (χ1) is 15.7. The van der Waals surface area contributed by atoms with Crippen LogP contribution in [0.5, 0.6) is 0 Å². The van der Waals surface area contributed by atoms with Crippen molar-refractivity contribution in [2.24, 2.45) is 11.8 Å². The Morgan fingerprint density at radius 3 is 2.52 bits per heavy atom. The summed E-state index contributed by atoms with van der Waals surface area (Å²) < 4.78 is 0. The van der Waals surface area contributed by atoms with Crippen molar-refractivity contribution in [1.82, 2.24) is 15.3 Å². The summed E-state index contributed by atoms with van der Waals surface area (Å²) in [5.41, 5.74) is 3.72. The average molecular weight is 505 g/mol. The lowest BCUT2D eigenvalue weighted by Crippen LogP contribution is -2.34. The van der Waals surface area contributed by atoms with Crippen LogP contribution in [0.4, 0.5) is 5.13 Å². The standard InChI is InChI=1S/C23H22Cl2N4O3S/c1-10-5-3-4-6-12(10)7-15-20(22(31)32)33-23(27-15)29-8-13-14(9-29)18(13)28-21(30)19-17(25)16(24)11(2)26-19/h3-6,13-14,18,26H,7-9H2,1-2H3,(H,28,30)(H,31,32)/t13-,14+,18?. The number of thiazole rings is 1. The number of carboxylic acids is 1. The van der Waals surface area contributed by atoms with Gasteiger partial charge in [0.1, 0.15) is 10.6 Å². The van der Waals surface area contributed by atoms with E-state index in [-0.39, 0.29) is 27.5 Å². The molecule has 3 aromatic rings. The summed E-state index contributed by atoms with van der Waals surface area (Å²) >= 11 is 13.5.